The number of aryl methyl sites for hydroxylation is 2. The Hall–Kier alpha value is -0.960. The summed E-state index contributed by atoms with van der Waals surface area (Å²) in [6.45, 7) is 5.33. The number of rotatable bonds is 4. The Labute approximate surface area is 95.1 Å². The molecular weight excluding hydrogens is 210 g/mol. The van der Waals surface area contributed by atoms with Crippen molar-refractivity contribution >= 4 is 0 Å². The average Bonchev–Trinajstić information content (AvgIpc) is 2.24. The van der Waals surface area contributed by atoms with Crippen molar-refractivity contribution in [3.63, 3.8) is 0 Å². The molecule has 90 valence electrons. The molecule has 0 aliphatic carbocycles. The maximum atomic E-state index is 13.5. The van der Waals surface area contributed by atoms with E-state index in [2.05, 4.69) is 0 Å². The summed E-state index contributed by atoms with van der Waals surface area (Å²) >= 11 is 0. The van der Waals surface area contributed by atoms with Gasteiger partial charge in [-0.2, -0.15) is 0 Å². The average molecular weight is 228 g/mol. The molecule has 0 aliphatic heterocycles. The van der Waals surface area contributed by atoms with Crippen LogP contribution in [0.3, 0.4) is 0 Å². The number of aliphatic hydroxyl groups excluding tert-OH is 1. The van der Waals surface area contributed by atoms with Gasteiger partial charge < -0.3 is 5.11 Å². The molecule has 1 atom stereocenters. The van der Waals surface area contributed by atoms with Crippen LogP contribution in [0.2, 0.25) is 0 Å². The second-order valence-electron chi connectivity index (χ2n) is 4.52. The van der Waals surface area contributed by atoms with Gasteiger partial charge in [0.25, 0.3) is 0 Å². The van der Waals surface area contributed by atoms with E-state index >= 15 is 0 Å². The van der Waals surface area contributed by atoms with E-state index in [1.165, 1.54) is 6.92 Å². The summed E-state index contributed by atoms with van der Waals surface area (Å²) in [4.78, 5) is 0. The number of halogens is 2. The normalized spacial score (nSPS) is 13.2. The highest BCUT2D eigenvalue weighted by Crippen LogP contribution is 2.18. The standard InChI is InChI=1S/C13H18F2O/c1-8(2)11(16)7-6-10-5-4-9(3)12(14)13(10)15/h4-5,8,11,16H,6-7H2,1-3H3. The Kier molecular flexibility index (Phi) is 4.42. The lowest BCUT2D eigenvalue weighted by atomic mass is 9.98. The van der Waals surface area contributed by atoms with Gasteiger partial charge in [-0.25, -0.2) is 8.78 Å². The van der Waals surface area contributed by atoms with Crippen molar-refractivity contribution in [2.24, 2.45) is 5.92 Å². The Morgan fingerprint density at radius 2 is 1.81 bits per heavy atom. The minimum absolute atomic E-state index is 0.137. The molecule has 1 N–H and O–H groups in total. The molecule has 1 unspecified atom stereocenters. The van der Waals surface area contributed by atoms with Gasteiger partial charge in [-0.3, -0.25) is 0 Å². The van der Waals surface area contributed by atoms with Crippen molar-refractivity contribution < 1.29 is 13.9 Å². The van der Waals surface area contributed by atoms with Crippen LogP contribution in [0.5, 0.6) is 0 Å². The van der Waals surface area contributed by atoms with Crippen molar-refractivity contribution in [2.75, 3.05) is 0 Å². The van der Waals surface area contributed by atoms with Gasteiger partial charge >= 0.3 is 0 Å². The fraction of sp³-hybridized carbons (Fsp3) is 0.538. The van der Waals surface area contributed by atoms with Gasteiger partial charge in [0.1, 0.15) is 0 Å². The SMILES string of the molecule is Cc1ccc(CCC(O)C(C)C)c(F)c1F. The Morgan fingerprint density at radius 3 is 2.38 bits per heavy atom. The summed E-state index contributed by atoms with van der Waals surface area (Å²) in [5.41, 5.74) is 0.647. The molecule has 3 heteroatoms. The smallest absolute Gasteiger partial charge is 0.162 e. The molecule has 0 aliphatic rings. The predicted octanol–water partition coefficient (Wildman–Crippen LogP) is 3.22. The van der Waals surface area contributed by atoms with Crippen LogP contribution in [0, 0.1) is 24.5 Å². The van der Waals surface area contributed by atoms with Crippen LogP contribution in [0.4, 0.5) is 8.78 Å². The number of aliphatic hydroxyl groups is 1. The highest BCUT2D eigenvalue weighted by molar-refractivity contribution is 5.25. The maximum absolute atomic E-state index is 13.5. The lowest BCUT2D eigenvalue weighted by Gasteiger charge is -2.14. The zero-order chi connectivity index (χ0) is 12.3. The summed E-state index contributed by atoms with van der Waals surface area (Å²) < 4.78 is 26.7. The summed E-state index contributed by atoms with van der Waals surface area (Å²) in [6, 6.07) is 3.15. The number of benzene rings is 1. The first-order chi connectivity index (χ1) is 7.43. The second-order valence-corrected chi connectivity index (χ2v) is 4.52. The largest absolute Gasteiger partial charge is 0.393 e. The molecule has 0 radical (unpaired) electrons. The van der Waals surface area contributed by atoms with E-state index in [1.807, 2.05) is 13.8 Å². The van der Waals surface area contributed by atoms with Gasteiger partial charge in [-0.05, 0) is 36.8 Å². The molecule has 1 nitrogen and oxygen atoms in total. The minimum Gasteiger partial charge on any atom is -0.393 e. The first kappa shape index (κ1) is 13.1. The highest BCUT2D eigenvalue weighted by atomic mass is 19.2. The van der Waals surface area contributed by atoms with Gasteiger partial charge in [-0.15, -0.1) is 0 Å². The first-order valence-electron chi connectivity index (χ1n) is 5.55. The van der Waals surface area contributed by atoms with Crippen LogP contribution in [0.1, 0.15) is 31.4 Å². The molecule has 16 heavy (non-hydrogen) atoms. The van der Waals surface area contributed by atoms with Gasteiger partial charge in [0.05, 0.1) is 6.10 Å². The minimum atomic E-state index is -0.782. The van der Waals surface area contributed by atoms with Crippen LogP contribution in [0.25, 0.3) is 0 Å². The zero-order valence-electron chi connectivity index (χ0n) is 9.93. The molecule has 0 bridgehead atoms. The van der Waals surface area contributed by atoms with E-state index in [9.17, 15) is 13.9 Å². The van der Waals surface area contributed by atoms with Crippen molar-refractivity contribution in [3.05, 3.63) is 34.9 Å². The number of hydrogen-bond donors (Lipinski definition) is 1. The Morgan fingerprint density at radius 1 is 1.19 bits per heavy atom. The molecule has 1 rings (SSSR count). The Bertz CT molecular complexity index is 361. The van der Waals surface area contributed by atoms with Crippen LogP contribution >= 0.6 is 0 Å². The zero-order valence-corrected chi connectivity index (χ0v) is 9.93. The van der Waals surface area contributed by atoms with Gasteiger partial charge in [0, 0.05) is 0 Å². The predicted molar refractivity (Wildman–Crippen MR) is 60.3 cm³/mol. The van der Waals surface area contributed by atoms with Crippen LogP contribution in [0.15, 0.2) is 12.1 Å². The molecule has 0 fully saturated rings. The molecule has 0 spiro atoms. The van der Waals surface area contributed by atoms with E-state index in [4.69, 9.17) is 0 Å². The molecule has 0 heterocycles. The van der Waals surface area contributed by atoms with Crippen molar-refractivity contribution in [1.29, 1.82) is 0 Å². The molecule has 0 saturated carbocycles. The van der Waals surface area contributed by atoms with Crippen molar-refractivity contribution in [1.82, 2.24) is 0 Å². The maximum Gasteiger partial charge on any atom is 0.162 e. The van der Waals surface area contributed by atoms with Gasteiger partial charge in [0.2, 0.25) is 0 Å². The fourth-order valence-corrected chi connectivity index (χ4v) is 1.52. The van der Waals surface area contributed by atoms with Gasteiger partial charge in [0.15, 0.2) is 11.6 Å². The summed E-state index contributed by atoms with van der Waals surface area (Å²) in [6.07, 6.45) is 0.350. The molecule has 1 aromatic carbocycles. The third-order valence-corrected chi connectivity index (χ3v) is 2.83. The monoisotopic (exact) mass is 228 g/mol. The Balaban J connectivity index is 2.72. The third kappa shape index (κ3) is 3.01. The topological polar surface area (TPSA) is 20.2 Å². The first-order valence-corrected chi connectivity index (χ1v) is 5.55. The van der Waals surface area contributed by atoms with E-state index in [0.717, 1.165) is 0 Å². The third-order valence-electron chi connectivity index (χ3n) is 2.83. The lowest BCUT2D eigenvalue weighted by molar-refractivity contribution is 0.116. The molecule has 1 aromatic rings. The van der Waals surface area contributed by atoms with Crippen molar-refractivity contribution in [3.8, 4) is 0 Å². The summed E-state index contributed by atoms with van der Waals surface area (Å²) in [7, 11) is 0. The highest BCUT2D eigenvalue weighted by Gasteiger charge is 2.14. The summed E-state index contributed by atoms with van der Waals surface area (Å²) in [5.74, 6) is -1.43. The van der Waals surface area contributed by atoms with E-state index in [0.29, 0.717) is 24.0 Å². The lowest BCUT2D eigenvalue weighted by Crippen LogP contribution is -2.15. The van der Waals surface area contributed by atoms with Crippen LogP contribution in [-0.4, -0.2) is 11.2 Å². The van der Waals surface area contributed by atoms with Crippen LogP contribution in [-0.2, 0) is 6.42 Å². The van der Waals surface area contributed by atoms with Gasteiger partial charge in [-0.1, -0.05) is 26.0 Å². The van der Waals surface area contributed by atoms with Crippen molar-refractivity contribution in [2.45, 2.75) is 39.7 Å². The number of hydrogen-bond acceptors (Lipinski definition) is 1. The molecule has 0 aromatic heterocycles. The molecular formula is C13H18F2O. The second kappa shape index (κ2) is 5.39. The quantitative estimate of drug-likeness (QED) is 0.839. The van der Waals surface area contributed by atoms with E-state index in [1.54, 1.807) is 12.1 Å². The molecule has 0 amide bonds. The van der Waals surface area contributed by atoms with E-state index < -0.39 is 17.7 Å². The fourth-order valence-electron chi connectivity index (χ4n) is 1.52. The van der Waals surface area contributed by atoms with Crippen LogP contribution < -0.4 is 0 Å². The molecule has 0 saturated heterocycles. The van der Waals surface area contributed by atoms with E-state index in [-0.39, 0.29) is 5.92 Å². The summed E-state index contributed by atoms with van der Waals surface area (Å²) in [5, 5.41) is 9.59.